The average Bonchev–Trinajstić information content (AvgIpc) is 2.85. The molecule has 0 fully saturated rings. The van der Waals surface area contributed by atoms with Crippen molar-refractivity contribution in [3.63, 3.8) is 0 Å². The highest BCUT2D eigenvalue weighted by Gasteiger charge is 2.03. The second kappa shape index (κ2) is 6.56. The first-order valence-electron chi connectivity index (χ1n) is 4.85. The minimum absolute atomic E-state index is 0. The standard InChI is InChI=1S/C10H11F2N3S.ClH/c11-4-6-15-10(3-5-14-15)13-7-8-1-2-9(12)16-8;/h1-3,5,13H,4,6-7H2;1H. The van der Waals surface area contributed by atoms with E-state index in [4.69, 9.17) is 0 Å². The van der Waals surface area contributed by atoms with Crippen LogP contribution in [0.2, 0.25) is 0 Å². The molecule has 0 radical (unpaired) electrons. The maximum Gasteiger partial charge on any atom is 0.176 e. The first-order chi connectivity index (χ1) is 7.79. The van der Waals surface area contributed by atoms with Crippen molar-refractivity contribution in [3.8, 4) is 0 Å². The SMILES string of the molecule is Cl.FCCn1nccc1NCc1ccc(F)s1. The van der Waals surface area contributed by atoms with Gasteiger partial charge >= 0.3 is 0 Å². The minimum Gasteiger partial charge on any atom is -0.365 e. The molecule has 0 saturated heterocycles. The second-order valence-electron chi connectivity index (χ2n) is 3.19. The van der Waals surface area contributed by atoms with Crippen LogP contribution in [0.5, 0.6) is 0 Å². The number of aromatic nitrogens is 2. The number of nitrogens with one attached hydrogen (secondary N) is 1. The van der Waals surface area contributed by atoms with E-state index in [1.165, 1.54) is 6.07 Å². The summed E-state index contributed by atoms with van der Waals surface area (Å²) in [6.45, 7) is 0.296. The van der Waals surface area contributed by atoms with Gasteiger partial charge in [-0.2, -0.15) is 9.49 Å². The fraction of sp³-hybridized carbons (Fsp3) is 0.300. The molecule has 0 aliphatic rings. The monoisotopic (exact) mass is 279 g/mol. The van der Waals surface area contributed by atoms with Gasteiger partial charge in [-0.25, -0.2) is 9.07 Å². The Hall–Kier alpha value is -1.14. The average molecular weight is 280 g/mol. The molecule has 0 aliphatic heterocycles. The fourth-order valence-corrected chi connectivity index (χ4v) is 2.03. The minimum atomic E-state index is -0.454. The Morgan fingerprint density at radius 3 is 2.82 bits per heavy atom. The highest BCUT2D eigenvalue weighted by molar-refractivity contribution is 7.10. The van der Waals surface area contributed by atoms with E-state index >= 15 is 0 Å². The number of hydrogen-bond donors (Lipinski definition) is 1. The van der Waals surface area contributed by atoms with Gasteiger partial charge in [0.05, 0.1) is 19.3 Å². The number of hydrogen-bond acceptors (Lipinski definition) is 3. The lowest BCUT2D eigenvalue weighted by atomic mass is 10.4. The summed E-state index contributed by atoms with van der Waals surface area (Å²) in [6, 6.07) is 4.92. The Morgan fingerprint density at radius 1 is 1.35 bits per heavy atom. The van der Waals surface area contributed by atoms with Crippen LogP contribution in [0.15, 0.2) is 24.4 Å². The molecule has 0 aliphatic carbocycles. The van der Waals surface area contributed by atoms with E-state index in [1.54, 1.807) is 23.0 Å². The van der Waals surface area contributed by atoms with E-state index in [1.807, 2.05) is 0 Å². The second-order valence-corrected chi connectivity index (χ2v) is 4.31. The van der Waals surface area contributed by atoms with Crippen LogP contribution in [0.25, 0.3) is 0 Å². The maximum absolute atomic E-state index is 12.7. The first-order valence-corrected chi connectivity index (χ1v) is 5.67. The molecule has 7 heteroatoms. The molecule has 0 atom stereocenters. The predicted molar refractivity (Wildman–Crippen MR) is 67.1 cm³/mol. The normalized spacial score (nSPS) is 10.0. The van der Waals surface area contributed by atoms with Crippen LogP contribution >= 0.6 is 23.7 Å². The zero-order chi connectivity index (χ0) is 11.4. The van der Waals surface area contributed by atoms with Crippen molar-refractivity contribution < 1.29 is 8.78 Å². The summed E-state index contributed by atoms with van der Waals surface area (Å²) >= 11 is 1.10. The molecule has 17 heavy (non-hydrogen) atoms. The Morgan fingerprint density at radius 2 is 2.18 bits per heavy atom. The Labute approximate surface area is 108 Å². The summed E-state index contributed by atoms with van der Waals surface area (Å²) in [5, 5.41) is 6.85. The molecule has 94 valence electrons. The van der Waals surface area contributed by atoms with Crippen LogP contribution in [0.3, 0.4) is 0 Å². The fourth-order valence-electron chi connectivity index (χ4n) is 1.37. The van der Waals surface area contributed by atoms with Gasteiger partial charge in [-0.05, 0) is 12.1 Å². The lowest BCUT2D eigenvalue weighted by molar-refractivity contribution is 0.429. The van der Waals surface area contributed by atoms with Crippen molar-refractivity contribution in [2.75, 3.05) is 12.0 Å². The molecule has 0 amide bonds. The lowest BCUT2D eigenvalue weighted by Crippen LogP contribution is -2.08. The van der Waals surface area contributed by atoms with Gasteiger partial charge in [0.2, 0.25) is 0 Å². The molecule has 1 N–H and O–H groups in total. The number of rotatable bonds is 5. The van der Waals surface area contributed by atoms with Crippen molar-refractivity contribution in [2.24, 2.45) is 0 Å². The zero-order valence-electron chi connectivity index (χ0n) is 8.90. The summed E-state index contributed by atoms with van der Waals surface area (Å²) in [7, 11) is 0. The van der Waals surface area contributed by atoms with Crippen molar-refractivity contribution in [1.29, 1.82) is 0 Å². The quantitative estimate of drug-likeness (QED) is 0.911. The smallest absolute Gasteiger partial charge is 0.176 e. The lowest BCUT2D eigenvalue weighted by Gasteiger charge is -2.06. The van der Waals surface area contributed by atoms with Crippen molar-refractivity contribution >= 4 is 29.6 Å². The van der Waals surface area contributed by atoms with E-state index in [0.717, 1.165) is 22.0 Å². The van der Waals surface area contributed by atoms with Gasteiger partial charge in [0.25, 0.3) is 0 Å². The predicted octanol–water partition coefficient (Wildman–Crippen LogP) is 3.09. The summed E-state index contributed by atoms with van der Waals surface area (Å²) < 4.78 is 26.4. The number of nitrogens with zero attached hydrogens (tertiary/aromatic N) is 2. The summed E-state index contributed by atoms with van der Waals surface area (Å²) in [6.07, 6.45) is 1.60. The molecule has 2 rings (SSSR count). The highest BCUT2D eigenvalue weighted by Crippen LogP contribution is 2.16. The topological polar surface area (TPSA) is 29.9 Å². The number of alkyl halides is 1. The molecule has 2 aromatic heterocycles. The van der Waals surface area contributed by atoms with Crippen molar-refractivity contribution in [1.82, 2.24) is 9.78 Å². The van der Waals surface area contributed by atoms with Gasteiger partial charge < -0.3 is 5.32 Å². The largest absolute Gasteiger partial charge is 0.365 e. The highest BCUT2D eigenvalue weighted by atomic mass is 35.5. The Kier molecular flexibility index (Phi) is 5.37. The Balaban J connectivity index is 0.00000144. The third kappa shape index (κ3) is 3.67. The van der Waals surface area contributed by atoms with Crippen LogP contribution in [-0.2, 0) is 13.1 Å². The van der Waals surface area contributed by atoms with Gasteiger partial charge in [-0.15, -0.1) is 23.7 Å². The third-order valence-electron chi connectivity index (χ3n) is 2.09. The van der Waals surface area contributed by atoms with Crippen LogP contribution < -0.4 is 5.32 Å². The molecule has 0 saturated carbocycles. The van der Waals surface area contributed by atoms with E-state index in [0.29, 0.717) is 6.54 Å². The molecule has 0 bridgehead atoms. The van der Waals surface area contributed by atoms with Gasteiger partial charge in [0, 0.05) is 10.9 Å². The van der Waals surface area contributed by atoms with E-state index < -0.39 is 6.67 Å². The van der Waals surface area contributed by atoms with E-state index in [2.05, 4.69) is 10.4 Å². The molecule has 2 aromatic rings. The van der Waals surface area contributed by atoms with Crippen LogP contribution in [0.4, 0.5) is 14.6 Å². The van der Waals surface area contributed by atoms with E-state index in [9.17, 15) is 8.78 Å². The summed E-state index contributed by atoms with van der Waals surface area (Å²) in [5.74, 6) is 0.742. The summed E-state index contributed by atoms with van der Waals surface area (Å²) in [5.41, 5.74) is 0. The van der Waals surface area contributed by atoms with Crippen LogP contribution in [0, 0.1) is 5.13 Å². The molecule has 0 unspecified atom stereocenters. The molecule has 0 aromatic carbocycles. The number of anilines is 1. The van der Waals surface area contributed by atoms with Gasteiger partial charge in [0.15, 0.2) is 5.13 Å². The number of halogens is 3. The van der Waals surface area contributed by atoms with Gasteiger partial charge in [-0.3, -0.25) is 0 Å². The molecule has 2 heterocycles. The first kappa shape index (κ1) is 13.9. The Bertz CT molecular complexity index is 458. The van der Waals surface area contributed by atoms with Crippen molar-refractivity contribution in [2.45, 2.75) is 13.1 Å². The number of thiophene rings is 1. The zero-order valence-corrected chi connectivity index (χ0v) is 10.5. The van der Waals surface area contributed by atoms with Gasteiger partial charge in [-0.1, -0.05) is 0 Å². The van der Waals surface area contributed by atoms with Gasteiger partial charge in [0.1, 0.15) is 12.5 Å². The summed E-state index contributed by atoms with van der Waals surface area (Å²) in [4.78, 5) is 0.894. The van der Waals surface area contributed by atoms with Crippen molar-refractivity contribution in [3.05, 3.63) is 34.4 Å². The number of aryl methyl sites for hydroxylation is 1. The third-order valence-corrected chi connectivity index (χ3v) is 2.96. The van der Waals surface area contributed by atoms with E-state index in [-0.39, 0.29) is 24.1 Å². The molecular formula is C10H12ClF2N3S. The maximum atomic E-state index is 12.7. The molecule has 0 spiro atoms. The van der Waals surface area contributed by atoms with Crippen LogP contribution in [0.1, 0.15) is 4.88 Å². The molecular weight excluding hydrogens is 268 g/mol. The molecule has 3 nitrogen and oxygen atoms in total. The van der Waals surface area contributed by atoms with Crippen LogP contribution in [-0.4, -0.2) is 16.5 Å².